The van der Waals surface area contributed by atoms with E-state index in [0.29, 0.717) is 22.5 Å². The lowest BCUT2D eigenvalue weighted by atomic mass is 10.3. The number of halogens is 2. The molecule has 19 heavy (non-hydrogen) atoms. The highest BCUT2D eigenvalue weighted by molar-refractivity contribution is 7.09. The van der Waals surface area contributed by atoms with Gasteiger partial charge in [-0.1, -0.05) is 23.2 Å². The van der Waals surface area contributed by atoms with Crippen molar-refractivity contribution in [2.24, 2.45) is 0 Å². The van der Waals surface area contributed by atoms with Crippen molar-refractivity contribution in [1.82, 2.24) is 14.5 Å². The molecule has 0 aliphatic heterocycles. The van der Waals surface area contributed by atoms with Crippen LogP contribution in [0.4, 0.5) is 5.95 Å². The molecular formula is C12H10Cl2N4S. The van der Waals surface area contributed by atoms with Gasteiger partial charge in [-0.25, -0.2) is 9.97 Å². The molecule has 3 aromatic rings. The monoisotopic (exact) mass is 312 g/mol. The second kappa shape index (κ2) is 4.67. The molecule has 2 heterocycles. The quantitative estimate of drug-likeness (QED) is 0.784. The molecule has 0 amide bonds. The van der Waals surface area contributed by atoms with E-state index < -0.39 is 0 Å². The van der Waals surface area contributed by atoms with Crippen molar-refractivity contribution in [3.05, 3.63) is 38.3 Å². The van der Waals surface area contributed by atoms with Gasteiger partial charge in [0.05, 0.1) is 38.8 Å². The summed E-state index contributed by atoms with van der Waals surface area (Å²) in [5.74, 6) is 0.445. The highest BCUT2D eigenvalue weighted by Crippen LogP contribution is 2.30. The van der Waals surface area contributed by atoms with E-state index in [1.807, 2.05) is 17.0 Å². The first-order valence-corrected chi connectivity index (χ1v) is 7.19. The average molecular weight is 313 g/mol. The number of aryl methyl sites for hydroxylation is 1. The van der Waals surface area contributed by atoms with Crippen molar-refractivity contribution in [1.29, 1.82) is 0 Å². The number of aromatic nitrogens is 3. The lowest BCUT2D eigenvalue weighted by molar-refractivity contribution is 0.843. The third-order valence-electron chi connectivity index (χ3n) is 2.97. The summed E-state index contributed by atoms with van der Waals surface area (Å²) in [6, 6.07) is 3.52. The summed E-state index contributed by atoms with van der Waals surface area (Å²) in [4.78, 5) is 9.69. The minimum Gasteiger partial charge on any atom is -0.369 e. The first kappa shape index (κ1) is 12.7. The topological polar surface area (TPSA) is 56.7 Å². The number of fused-ring (bicyclic) bond motifs is 1. The van der Waals surface area contributed by atoms with Gasteiger partial charge in [0, 0.05) is 4.88 Å². The van der Waals surface area contributed by atoms with Crippen molar-refractivity contribution in [2.75, 3.05) is 5.73 Å². The molecule has 0 bridgehead atoms. The van der Waals surface area contributed by atoms with Crippen LogP contribution in [-0.4, -0.2) is 14.5 Å². The van der Waals surface area contributed by atoms with Crippen LogP contribution in [0.1, 0.15) is 10.6 Å². The molecule has 0 aliphatic rings. The zero-order valence-electron chi connectivity index (χ0n) is 10.0. The molecule has 2 N–H and O–H groups in total. The molecule has 7 heteroatoms. The molecule has 3 rings (SSSR count). The zero-order valence-corrected chi connectivity index (χ0v) is 12.4. The van der Waals surface area contributed by atoms with Crippen LogP contribution in [0, 0.1) is 6.92 Å². The third-order valence-corrected chi connectivity index (χ3v) is 4.61. The van der Waals surface area contributed by atoms with E-state index in [1.165, 1.54) is 0 Å². The number of hydrogen-bond acceptors (Lipinski definition) is 4. The fraction of sp³-hybridized carbons (Fsp3) is 0.167. The maximum atomic E-state index is 6.06. The zero-order chi connectivity index (χ0) is 13.6. The summed E-state index contributed by atoms with van der Waals surface area (Å²) in [6.07, 6.45) is 0. The van der Waals surface area contributed by atoms with Gasteiger partial charge >= 0.3 is 0 Å². The van der Waals surface area contributed by atoms with Crippen LogP contribution in [0.15, 0.2) is 17.6 Å². The number of benzene rings is 1. The number of hydrogen-bond donors (Lipinski definition) is 1. The Morgan fingerprint density at radius 2 is 2.05 bits per heavy atom. The molecule has 0 radical (unpaired) electrons. The Balaban J connectivity index is 2.15. The average Bonchev–Trinajstić information content (AvgIpc) is 2.88. The SMILES string of the molecule is Cc1ncsc1Cn1c(N)nc2cc(Cl)c(Cl)cc21. The summed E-state index contributed by atoms with van der Waals surface area (Å²) in [5, 5.41) is 0.976. The van der Waals surface area contributed by atoms with E-state index in [4.69, 9.17) is 28.9 Å². The Kier molecular flexibility index (Phi) is 3.12. The number of anilines is 1. The lowest BCUT2D eigenvalue weighted by Crippen LogP contribution is -2.04. The summed E-state index contributed by atoms with van der Waals surface area (Å²) in [6.45, 7) is 2.61. The van der Waals surface area contributed by atoms with E-state index in [1.54, 1.807) is 23.5 Å². The van der Waals surface area contributed by atoms with E-state index >= 15 is 0 Å². The molecular weight excluding hydrogens is 303 g/mol. The Hall–Kier alpha value is -1.30. The molecule has 0 atom stereocenters. The molecule has 0 saturated heterocycles. The van der Waals surface area contributed by atoms with Crippen LogP contribution in [0.2, 0.25) is 10.0 Å². The number of imidazole rings is 1. The van der Waals surface area contributed by atoms with Crippen molar-refractivity contribution in [3.63, 3.8) is 0 Å². The first-order valence-electron chi connectivity index (χ1n) is 5.56. The Bertz CT molecular complexity index is 763. The van der Waals surface area contributed by atoms with Crippen molar-refractivity contribution in [3.8, 4) is 0 Å². The van der Waals surface area contributed by atoms with Gasteiger partial charge in [-0.15, -0.1) is 11.3 Å². The first-order chi connectivity index (χ1) is 9.06. The van der Waals surface area contributed by atoms with Crippen LogP contribution < -0.4 is 5.73 Å². The van der Waals surface area contributed by atoms with Gasteiger partial charge in [-0.05, 0) is 19.1 Å². The van der Waals surface area contributed by atoms with E-state index in [9.17, 15) is 0 Å². The predicted octanol–water partition coefficient (Wildman–Crippen LogP) is 3.74. The van der Waals surface area contributed by atoms with Crippen molar-refractivity contribution in [2.45, 2.75) is 13.5 Å². The van der Waals surface area contributed by atoms with Crippen LogP contribution >= 0.6 is 34.5 Å². The van der Waals surface area contributed by atoms with Crippen LogP contribution in [0.5, 0.6) is 0 Å². The second-order valence-corrected chi connectivity index (χ2v) is 5.93. The largest absolute Gasteiger partial charge is 0.369 e. The predicted molar refractivity (Wildman–Crippen MR) is 80.1 cm³/mol. The summed E-state index contributed by atoms with van der Waals surface area (Å²) < 4.78 is 1.91. The van der Waals surface area contributed by atoms with E-state index in [2.05, 4.69) is 9.97 Å². The molecule has 0 spiro atoms. The lowest BCUT2D eigenvalue weighted by Gasteiger charge is -2.05. The highest BCUT2D eigenvalue weighted by atomic mass is 35.5. The summed E-state index contributed by atoms with van der Waals surface area (Å²) >= 11 is 13.6. The molecule has 0 unspecified atom stereocenters. The molecule has 0 saturated carbocycles. The number of thiazole rings is 1. The van der Waals surface area contributed by atoms with Crippen LogP contribution in [0.3, 0.4) is 0 Å². The van der Waals surface area contributed by atoms with Gasteiger partial charge < -0.3 is 10.3 Å². The minimum atomic E-state index is 0.445. The Labute approximate surface area is 123 Å². The summed E-state index contributed by atoms with van der Waals surface area (Å²) in [5.41, 5.74) is 10.4. The second-order valence-electron chi connectivity index (χ2n) is 4.17. The molecule has 98 valence electrons. The molecule has 1 aromatic carbocycles. The van der Waals surface area contributed by atoms with Gasteiger partial charge in [0.15, 0.2) is 0 Å². The molecule has 0 fully saturated rings. The fourth-order valence-electron chi connectivity index (χ4n) is 1.93. The standard InChI is InChI=1S/C12H10Cl2N4S/c1-6-11(19-5-16-6)4-18-10-3-8(14)7(13)2-9(10)17-12(18)15/h2-3,5H,4H2,1H3,(H2,15,17). The third kappa shape index (κ3) is 2.18. The molecule has 0 aliphatic carbocycles. The van der Waals surface area contributed by atoms with Gasteiger partial charge in [0.2, 0.25) is 5.95 Å². The number of rotatable bonds is 2. The fourth-order valence-corrected chi connectivity index (χ4v) is 3.01. The minimum absolute atomic E-state index is 0.445. The Morgan fingerprint density at radius 3 is 2.74 bits per heavy atom. The van der Waals surface area contributed by atoms with Crippen LogP contribution in [-0.2, 0) is 6.54 Å². The van der Waals surface area contributed by atoms with Gasteiger partial charge in [-0.2, -0.15) is 0 Å². The van der Waals surface area contributed by atoms with Gasteiger partial charge in [0.25, 0.3) is 0 Å². The van der Waals surface area contributed by atoms with Crippen molar-refractivity contribution >= 4 is 51.5 Å². The summed E-state index contributed by atoms with van der Waals surface area (Å²) in [7, 11) is 0. The van der Waals surface area contributed by atoms with Crippen molar-refractivity contribution < 1.29 is 0 Å². The van der Waals surface area contributed by atoms with E-state index in [-0.39, 0.29) is 0 Å². The smallest absolute Gasteiger partial charge is 0.201 e. The normalized spacial score (nSPS) is 11.3. The van der Waals surface area contributed by atoms with Gasteiger partial charge in [-0.3, -0.25) is 0 Å². The molecule has 2 aromatic heterocycles. The maximum absolute atomic E-state index is 6.06. The Morgan fingerprint density at radius 1 is 1.32 bits per heavy atom. The van der Waals surface area contributed by atoms with E-state index in [0.717, 1.165) is 21.6 Å². The molecule has 4 nitrogen and oxygen atoms in total. The number of nitrogen functional groups attached to an aromatic ring is 1. The number of nitrogens with zero attached hydrogens (tertiary/aromatic N) is 3. The van der Waals surface area contributed by atoms with Crippen LogP contribution in [0.25, 0.3) is 11.0 Å². The highest BCUT2D eigenvalue weighted by Gasteiger charge is 2.13. The maximum Gasteiger partial charge on any atom is 0.201 e. The number of nitrogens with two attached hydrogens (primary N) is 1. The van der Waals surface area contributed by atoms with Gasteiger partial charge in [0.1, 0.15) is 0 Å².